The van der Waals surface area contributed by atoms with Crippen LogP contribution in [-0.4, -0.2) is 1.19 Å². The molecule has 17 heteroatoms. The van der Waals surface area contributed by atoms with E-state index in [9.17, 15) is 0 Å². The van der Waals surface area contributed by atoms with Gasteiger partial charge in [-0.3, -0.25) is 0 Å². The van der Waals surface area contributed by atoms with Crippen LogP contribution in [0.1, 0.15) is 5.56 Å². The van der Waals surface area contributed by atoms with E-state index in [-0.39, 0.29) is 0 Å². The van der Waals surface area contributed by atoms with E-state index in [0.717, 1.165) is 0 Å². The van der Waals surface area contributed by atoms with Gasteiger partial charge in [-0.05, 0) is 0 Å². The van der Waals surface area contributed by atoms with Gasteiger partial charge in [0.2, 0.25) is 0 Å². The van der Waals surface area contributed by atoms with Crippen LogP contribution in [0, 0.1) is 0 Å². The molecule has 1 aromatic carbocycles. The van der Waals surface area contributed by atoms with Crippen molar-refractivity contribution in [3.8, 4) is 0 Å². The molecule has 0 saturated carbocycles. The van der Waals surface area contributed by atoms with Crippen LogP contribution in [0.3, 0.4) is 0 Å². The molecule has 24 heavy (non-hydrogen) atoms. The average Bonchev–Trinajstić information content (AvgIpc) is 2.62. The summed E-state index contributed by atoms with van der Waals surface area (Å²) in [5.74, 6) is 0. The molecule has 0 unspecified atom stereocenters. The van der Waals surface area contributed by atoms with Crippen LogP contribution in [0.4, 0.5) is 0 Å². The van der Waals surface area contributed by atoms with Crippen LogP contribution in [0.2, 0.25) is 0 Å². The van der Waals surface area contributed by atoms with Gasteiger partial charge in [0.1, 0.15) is 0 Å². The molecule has 0 nitrogen and oxygen atoms in total. The van der Waals surface area contributed by atoms with Gasteiger partial charge in [-0.1, -0.05) is 0 Å². The second-order valence-corrected chi connectivity index (χ2v) is 370. The van der Waals surface area contributed by atoms with Crippen molar-refractivity contribution >= 4 is 234 Å². The van der Waals surface area contributed by atoms with Crippen LogP contribution in [0.5, 0.6) is 0 Å². The van der Waals surface area contributed by atoms with Crippen molar-refractivity contribution in [3.63, 3.8) is 0 Å². The van der Waals surface area contributed by atoms with Gasteiger partial charge in [0, 0.05) is 0 Å². The Hall–Kier alpha value is 11.6. The summed E-state index contributed by atoms with van der Waals surface area (Å²) in [6.07, 6.45) is 0. The standard InChI is InChI=1S/C7H9I17/c8-17(6-7-4-2-1-3-5-7)19(11)21(13)23(15)24(16)22(14)20(12)18(9)10/h1-5H,6,8H2/i8TD. The average molecular weight is 2250 g/mol. The molecule has 0 radical (unpaired) electrons. The SMILES string of the molecule is [2H]I([3H])I(Cc1ccccc1)I(I)I(I)I(I)I(I)I(I)I(I)I(I)I. The van der Waals surface area contributed by atoms with Crippen molar-refractivity contribution in [1.29, 1.82) is 1.19 Å². The molecular weight excluding hydrogens is 2240 g/mol. The van der Waals surface area contributed by atoms with Crippen LogP contribution in [-0.2, 0) is 4.43 Å². The molecule has 0 aliphatic carbocycles. The first-order valence-electron chi connectivity index (χ1n) is 5.57. The minimum atomic E-state index is -2.07. The van der Waals surface area contributed by atoms with Crippen LogP contribution in [0.15, 0.2) is 30.3 Å². The topological polar surface area (TPSA) is 0 Å². The zero-order chi connectivity index (χ0) is 20.0. The summed E-state index contributed by atoms with van der Waals surface area (Å²) >= 11 is 20.6. The molecule has 0 amide bonds. The van der Waals surface area contributed by atoms with E-state index in [1.54, 1.807) is 0 Å². The molecule has 0 atom stereocenters. The molecule has 0 heterocycles. The Morgan fingerprint density at radius 1 is 0.792 bits per heavy atom. The number of hydrogen-bond donors (Lipinski definition) is 0. The first-order chi connectivity index (χ1) is 12.1. The molecule has 0 aromatic heterocycles. The molecule has 0 N–H and O–H groups in total. The molecule has 0 saturated heterocycles. The third-order valence-electron chi connectivity index (χ3n) is 1.71. The summed E-state index contributed by atoms with van der Waals surface area (Å²) in [6, 6.07) is 10.9. The first-order valence-corrected chi connectivity index (χ1v) is 107. The Morgan fingerprint density at radius 2 is 1.25 bits per heavy atom. The predicted octanol–water partition coefficient (Wildman–Crippen LogP) is 16.3. The first kappa shape index (κ1) is 30.2. The zero-order valence-corrected chi connectivity index (χ0v) is 47.2. The van der Waals surface area contributed by atoms with Crippen molar-refractivity contribution in [2.75, 3.05) is 0 Å². The van der Waals surface area contributed by atoms with E-state index in [1.807, 2.05) is 0 Å². The number of alkyl halides is 1. The third kappa shape index (κ3) is 13.4. The van der Waals surface area contributed by atoms with E-state index in [2.05, 4.69) is 179 Å². The van der Waals surface area contributed by atoms with Crippen molar-refractivity contribution in [3.05, 3.63) is 35.9 Å². The summed E-state index contributed by atoms with van der Waals surface area (Å²) in [4.78, 5) is 0. The molecule has 1 aromatic rings. The number of benzene rings is 1. The van der Waals surface area contributed by atoms with Crippen molar-refractivity contribution in [2.45, 2.75) is 4.43 Å². The van der Waals surface area contributed by atoms with E-state index < -0.39 is 85.3 Å². The molecule has 1 rings (SSSR count). The van der Waals surface area contributed by atoms with E-state index >= 15 is 0 Å². The van der Waals surface area contributed by atoms with E-state index in [0.29, 0.717) is 0 Å². The van der Waals surface area contributed by atoms with Gasteiger partial charge in [-0.2, -0.15) is 0 Å². The summed E-state index contributed by atoms with van der Waals surface area (Å²) < 4.78 is 18.1. The number of hydrogen-bond acceptors (Lipinski definition) is 0. The molecular formula is C7H9I17. The van der Waals surface area contributed by atoms with Crippen molar-refractivity contribution in [1.82, 2.24) is 0 Å². The van der Waals surface area contributed by atoms with Gasteiger partial charge >= 0.3 is 276 Å². The van der Waals surface area contributed by atoms with Gasteiger partial charge in [-0.15, -0.1) is 0 Å². The summed E-state index contributed by atoms with van der Waals surface area (Å²) in [7, 11) is -4.63. The summed E-state index contributed by atoms with van der Waals surface area (Å²) in [5, 5.41) is 0. The molecule has 0 fully saturated rings. The Bertz CT molecular complexity index is 517. The number of rotatable bonds is 10. The summed E-state index contributed by atoms with van der Waals surface area (Å²) in [6.45, 7) is 0. The Balaban J connectivity index is 2.85. The van der Waals surface area contributed by atoms with Gasteiger partial charge in [-0.25, -0.2) is 0 Å². The zero-order valence-electron chi connectivity index (χ0n) is 12.5. The fraction of sp³-hybridized carbons (Fsp3) is 0.143. The second-order valence-electron chi connectivity index (χ2n) is 3.01. The predicted molar refractivity (Wildman–Crippen MR) is 271 cm³/mol. The van der Waals surface area contributed by atoms with E-state index in [4.69, 9.17) is 1.19 Å². The quantitative estimate of drug-likeness (QED) is 0.162. The van der Waals surface area contributed by atoms with Crippen LogP contribution in [0.25, 0.3) is 0 Å². The summed E-state index contributed by atoms with van der Waals surface area (Å²) in [5.41, 5.74) is 1.46. The third-order valence-corrected chi connectivity index (χ3v) is 1100. The Morgan fingerprint density at radius 3 is 1.71 bits per heavy atom. The second kappa shape index (κ2) is 19.7. The monoisotopic (exact) mass is 2250 g/mol. The normalized spacial score (nSPS) is 17.8. The molecule has 0 bridgehead atoms. The van der Waals surface area contributed by atoms with Gasteiger partial charge in [0.05, 0.1) is 0 Å². The Kier molecular flexibility index (Phi) is 24.7. The molecule has 0 aliphatic heterocycles. The fourth-order valence-corrected chi connectivity index (χ4v) is 2380. The molecule has 0 aliphatic rings. The minimum absolute atomic E-state index is 0.517. The van der Waals surface area contributed by atoms with Crippen molar-refractivity contribution in [2.24, 2.45) is 0 Å². The van der Waals surface area contributed by atoms with Crippen LogP contribution >= 0.6 is 234 Å². The maximum atomic E-state index is 8.46. The number of halogens is 17. The van der Waals surface area contributed by atoms with E-state index in [1.165, 1.54) is 9.99 Å². The molecule has 0 spiro atoms. The maximum absolute atomic E-state index is 8.46. The van der Waals surface area contributed by atoms with Gasteiger partial charge < -0.3 is 0 Å². The van der Waals surface area contributed by atoms with Crippen molar-refractivity contribution < 1.29 is 0 Å². The fourth-order valence-electron chi connectivity index (χ4n) is 0.920. The Labute approximate surface area is 263 Å². The van der Waals surface area contributed by atoms with Gasteiger partial charge in [0.25, 0.3) is 0 Å². The van der Waals surface area contributed by atoms with Crippen LogP contribution < -0.4 is 0 Å². The molecule has 156 valence electrons. The van der Waals surface area contributed by atoms with Gasteiger partial charge in [0.15, 0.2) is 0 Å².